The highest BCUT2D eigenvalue weighted by atomic mass is 32.2. The third kappa shape index (κ3) is 4.06. The van der Waals surface area contributed by atoms with Crippen molar-refractivity contribution < 1.29 is 9.15 Å². The molecule has 0 radical (unpaired) electrons. The van der Waals surface area contributed by atoms with Gasteiger partial charge >= 0.3 is 0 Å². The van der Waals surface area contributed by atoms with Crippen LogP contribution in [0.25, 0.3) is 22.8 Å². The van der Waals surface area contributed by atoms with Crippen molar-refractivity contribution >= 4 is 11.8 Å². The molecule has 3 heterocycles. The lowest BCUT2D eigenvalue weighted by atomic mass is 10.2. The van der Waals surface area contributed by atoms with Gasteiger partial charge in [0, 0.05) is 29.6 Å². The van der Waals surface area contributed by atoms with E-state index in [1.807, 2.05) is 50.2 Å². The van der Waals surface area contributed by atoms with Crippen LogP contribution in [0.2, 0.25) is 0 Å². The largest absolute Gasteiger partial charge is 0.497 e. The number of hydrogen-bond donors (Lipinski definition) is 0. The monoisotopic (exact) mass is 422 g/mol. The summed E-state index contributed by atoms with van der Waals surface area (Å²) in [5, 5.41) is 17.9. The highest BCUT2D eigenvalue weighted by Crippen LogP contribution is 2.36. The number of pyridine rings is 1. The van der Waals surface area contributed by atoms with E-state index >= 15 is 0 Å². The van der Waals surface area contributed by atoms with Gasteiger partial charge in [-0.3, -0.25) is 4.98 Å². The number of hydrogen-bond acceptors (Lipinski definition) is 8. The van der Waals surface area contributed by atoms with Gasteiger partial charge in [-0.25, -0.2) is 0 Å². The summed E-state index contributed by atoms with van der Waals surface area (Å²) < 4.78 is 13.2. The van der Waals surface area contributed by atoms with E-state index < -0.39 is 0 Å². The maximum absolute atomic E-state index is 5.91. The van der Waals surface area contributed by atoms with Gasteiger partial charge in [-0.1, -0.05) is 11.8 Å². The summed E-state index contributed by atoms with van der Waals surface area (Å²) in [5.74, 6) is 2.65. The van der Waals surface area contributed by atoms with E-state index in [-0.39, 0.29) is 5.25 Å². The quantitative estimate of drug-likeness (QED) is 0.400. The Bertz CT molecular complexity index is 1140. The Morgan fingerprint density at radius 3 is 2.57 bits per heavy atom. The van der Waals surface area contributed by atoms with Gasteiger partial charge in [0.05, 0.1) is 12.4 Å². The lowest BCUT2D eigenvalue weighted by Crippen LogP contribution is -2.01. The number of aryl methyl sites for hydroxylation is 1. The van der Waals surface area contributed by atoms with Gasteiger partial charge < -0.3 is 13.7 Å². The van der Waals surface area contributed by atoms with Crippen LogP contribution in [0.15, 0.2) is 52.2 Å². The fraction of sp³-hybridized carbons (Fsp3) is 0.286. The fourth-order valence-corrected chi connectivity index (χ4v) is 3.96. The standard InChI is InChI=1S/C21H22N6O2S/c1-5-27-18(15-6-8-17(28-4)9-7-15)23-26-21(27)30-14(3)19-24-25-20(29-19)16-10-11-22-13(2)12-16/h6-12,14H,5H2,1-4H3. The molecule has 4 aromatic rings. The molecule has 154 valence electrons. The second kappa shape index (κ2) is 8.66. The van der Waals surface area contributed by atoms with Crippen LogP contribution in [0.3, 0.4) is 0 Å². The van der Waals surface area contributed by atoms with Crippen molar-refractivity contribution in [2.45, 2.75) is 37.7 Å². The summed E-state index contributed by atoms with van der Waals surface area (Å²) in [7, 11) is 1.65. The molecular weight excluding hydrogens is 400 g/mol. The minimum atomic E-state index is -0.0765. The highest BCUT2D eigenvalue weighted by molar-refractivity contribution is 7.99. The zero-order chi connectivity index (χ0) is 21.1. The molecule has 8 nitrogen and oxygen atoms in total. The van der Waals surface area contributed by atoms with Crippen LogP contribution in [0.5, 0.6) is 5.75 Å². The van der Waals surface area contributed by atoms with Crippen molar-refractivity contribution in [3.05, 3.63) is 54.2 Å². The normalized spacial score (nSPS) is 12.1. The summed E-state index contributed by atoms with van der Waals surface area (Å²) >= 11 is 1.54. The second-order valence-electron chi connectivity index (χ2n) is 6.67. The van der Waals surface area contributed by atoms with Gasteiger partial charge in [-0.2, -0.15) is 0 Å². The SMILES string of the molecule is CCn1c(SC(C)c2nnc(-c3ccnc(C)c3)o2)nnc1-c1ccc(OC)cc1. The average Bonchev–Trinajstić information content (AvgIpc) is 3.41. The molecule has 0 spiro atoms. The molecule has 30 heavy (non-hydrogen) atoms. The lowest BCUT2D eigenvalue weighted by Gasteiger charge is -2.10. The molecule has 4 rings (SSSR count). The highest BCUT2D eigenvalue weighted by Gasteiger charge is 2.21. The molecule has 0 aliphatic rings. The predicted molar refractivity (Wildman–Crippen MR) is 114 cm³/mol. The Balaban J connectivity index is 1.55. The van der Waals surface area contributed by atoms with Crippen molar-refractivity contribution in [2.24, 2.45) is 0 Å². The molecule has 1 aromatic carbocycles. The third-order valence-corrected chi connectivity index (χ3v) is 5.66. The molecule has 1 unspecified atom stereocenters. The molecule has 9 heteroatoms. The van der Waals surface area contributed by atoms with E-state index in [9.17, 15) is 0 Å². The molecular formula is C21H22N6O2S. The molecule has 1 atom stereocenters. The van der Waals surface area contributed by atoms with Gasteiger partial charge in [0.25, 0.3) is 0 Å². The maximum Gasteiger partial charge on any atom is 0.247 e. The first kappa shape index (κ1) is 20.1. The number of rotatable bonds is 7. The Kier molecular flexibility index (Phi) is 5.80. The van der Waals surface area contributed by atoms with Crippen LogP contribution < -0.4 is 4.74 Å². The van der Waals surface area contributed by atoms with Crippen LogP contribution >= 0.6 is 11.8 Å². The van der Waals surface area contributed by atoms with E-state index in [0.29, 0.717) is 11.8 Å². The summed E-state index contributed by atoms with van der Waals surface area (Å²) in [4.78, 5) is 4.20. The Hall–Kier alpha value is -3.20. The van der Waals surface area contributed by atoms with Crippen LogP contribution in [-0.2, 0) is 6.54 Å². The number of thioether (sulfide) groups is 1. The molecule has 0 amide bonds. The van der Waals surface area contributed by atoms with Crippen LogP contribution in [-0.4, -0.2) is 37.1 Å². The summed E-state index contributed by atoms with van der Waals surface area (Å²) in [6.07, 6.45) is 1.73. The first-order chi connectivity index (χ1) is 14.6. The summed E-state index contributed by atoms with van der Waals surface area (Å²) in [5.41, 5.74) is 2.74. The van der Waals surface area contributed by atoms with Gasteiger partial charge in [0.15, 0.2) is 11.0 Å². The Morgan fingerprint density at radius 2 is 1.87 bits per heavy atom. The van der Waals surface area contributed by atoms with Crippen LogP contribution in [0.1, 0.15) is 30.7 Å². The first-order valence-corrected chi connectivity index (χ1v) is 10.5. The van der Waals surface area contributed by atoms with Crippen molar-refractivity contribution in [3.63, 3.8) is 0 Å². The van der Waals surface area contributed by atoms with Crippen molar-refractivity contribution in [3.8, 4) is 28.6 Å². The zero-order valence-electron chi connectivity index (χ0n) is 17.2. The Labute approximate surface area is 178 Å². The number of aromatic nitrogens is 6. The predicted octanol–water partition coefficient (Wildman–Crippen LogP) is 4.58. The molecule has 0 saturated carbocycles. The smallest absolute Gasteiger partial charge is 0.247 e. The maximum atomic E-state index is 5.91. The van der Waals surface area contributed by atoms with Crippen LogP contribution in [0.4, 0.5) is 0 Å². The van der Waals surface area contributed by atoms with Crippen LogP contribution in [0, 0.1) is 6.92 Å². The van der Waals surface area contributed by atoms with E-state index in [2.05, 4.69) is 36.9 Å². The Morgan fingerprint density at radius 1 is 1.07 bits per heavy atom. The van der Waals surface area contributed by atoms with Crippen molar-refractivity contribution in [2.75, 3.05) is 7.11 Å². The molecule has 0 aliphatic carbocycles. The van der Waals surface area contributed by atoms with Gasteiger partial charge in [0.2, 0.25) is 11.8 Å². The minimum absolute atomic E-state index is 0.0765. The van der Waals surface area contributed by atoms with Gasteiger partial charge in [-0.15, -0.1) is 20.4 Å². The fourth-order valence-electron chi connectivity index (χ4n) is 3.02. The lowest BCUT2D eigenvalue weighted by molar-refractivity contribution is 0.415. The number of benzene rings is 1. The summed E-state index contributed by atoms with van der Waals surface area (Å²) in [6, 6.07) is 11.6. The molecule has 0 aliphatic heterocycles. The van der Waals surface area contributed by atoms with Crippen molar-refractivity contribution in [1.29, 1.82) is 0 Å². The zero-order valence-corrected chi connectivity index (χ0v) is 18.1. The number of ether oxygens (including phenoxy) is 1. The first-order valence-electron chi connectivity index (χ1n) is 9.59. The van der Waals surface area contributed by atoms with Gasteiger partial charge in [-0.05, 0) is 57.2 Å². The minimum Gasteiger partial charge on any atom is -0.497 e. The average molecular weight is 423 g/mol. The van der Waals surface area contributed by atoms with Crippen molar-refractivity contribution in [1.82, 2.24) is 29.9 Å². The van der Waals surface area contributed by atoms with E-state index in [0.717, 1.165) is 40.1 Å². The van der Waals surface area contributed by atoms with E-state index in [4.69, 9.17) is 9.15 Å². The van der Waals surface area contributed by atoms with E-state index in [1.165, 1.54) is 11.8 Å². The summed E-state index contributed by atoms with van der Waals surface area (Å²) in [6.45, 7) is 6.76. The molecule has 3 aromatic heterocycles. The molecule has 0 bridgehead atoms. The third-order valence-electron chi connectivity index (χ3n) is 4.60. The number of nitrogens with zero attached hydrogens (tertiary/aromatic N) is 6. The second-order valence-corrected chi connectivity index (χ2v) is 7.98. The topological polar surface area (TPSA) is 91.8 Å². The van der Waals surface area contributed by atoms with E-state index in [1.54, 1.807) is 13.3 Å². The molecule has 0 fully saturated rings. The van der Waals surface area contributed by atoms with Gasteiger partial charge in [0.1, 0.15) is 5.75 Å². The molecule has 0 N–H and O–H groups in total. The molecule has 0 saturated heterocycles. The number of methoxy groups -OCH3 is 1.